The zero-order valence-electron chi connectivity index (χ0n) is 17.5. The van der Waals surface area contributed by atoms with Gasteiger partial charge in [0.25, 0.3) is 0 Å². The highest BCUT2D eigenvalue weighted by Gasteiger charge is 2.53. The van der Waals surface area contributed by atoms with Crippen LogP contribution < -0.4 is 5.32 Å². The monoisotopic (exact) mass is 478 g/mol. The number of ether oxygens (including phenoxy) is 1. The van der Waals surface area contributed by atoms with E-state index in [4.69, 9.17) is 9.26 Å². The minimum absolute atomic E-state index is 0.116. The fraction of sp³-hybridized carbons (Fsp3) is 0.208. The minimum atomic E-state index is -0.749. The van der Waals surface area contributed by atoms with E-state index < -0.39 is 23.6 Å². The van der Waals surface area contributed by atoms with E-state index in [9.17, 15) is 14.7 Å². The molecule has 1 aromatic carbocycles. The van der Waals surface area contributed by atoms with Gasteiger partial charge in [0, 0.05) is 14.3 Å². The van der Waals surface area contributed by atoms with Crippen molar-refractivity contribution in [3.63, 3.8) is 0 Å². The number of carbonyl (C=O) groups excluding carboxylic acids is 1. The van der Waals surface area contributed by atoms with Crippen molar-refractivity contribution < 1.29 is 24.0 Å². The SMILES string of the molecule is CC(OC(=O)Nc1oncc1C#Cc1cc2sc(C3(C(=O)O)CC3)cc2s1)c1ccccc1. The van der Waals surface area contributed by atoms with Crippen LogP contribution in [-0.2, 0) is 14.9 Å². The number of hydrogen-bond donors (Lipinski definition) is 2. The number of aliphatic carboxylic acids is 1. The third-order valence-electron chi connectivity index (χ3n) is 5.50. The first-order chi connectivity index (χ1) is 15.9. The van der Waals surface area contributed by atoms with Crippen LogP contribution >= 0.6 is 22.7 Å². The number of amides is 1. The molecule has 3 heterocycles. The Kier molecular flexibility index (Phi) is 5.40. The molecule has 1 unspecified atom stereocenters. The third kappa shape index (κ3) is 4.23. The van der Waals surface area contributed by atoms with Crippen molar-refractivity contribution in [1.82, 2.24) is 5.16 Å². The van der Waals surface area contributed by atoms with Crippen LogP contribution in [0.5, 0.6) is 0 Å². The number of anilines is 1. The predicted molar refractivity (Wildman–Crippen MR) is 126 cm³/mol. The Bertz CT molecular complexity index is 1370. The highest BCUT2D eigenvalue weighted by atomic mass is 32.1. The van der Waals surface area contributed by atoms with Gasteiger partial charge >= 0.3 is 12.1 Å². The molecule has 9 heteroatoms. The molecule has 4 aromatic rings. The zero-order chi connectivity index (χ0) is 23.0. The molecule has 1 atom stereocenters. The number of thiophene rings is 2. The fourth-order valence-corrected chi connectivity index (χ4v) is 5.93. The van der Waals surface area contributed by atoms with Crippen molar-refractivity contribution in [2.24, 2.45) is 0 Å². The molecule has 0 spiro atoms. The summed E-state index contributed by atoms with van der Waals surface area (Å²) in [7, 11) is 0. The molecule has 0 bridgehead atoms. The molecule has 1 amide bonds. The summed E-state index contributed by atoms with van der Waals surface area (Å²) in [5.74, 6) is 5.40. The van der Waals surface area contributed by atoms with Gasteiger partial charge in [0.05, 0.1) is 11.1 Å². The number of carboxylic acid groups (broad SMARTS) is 1. The zero-order valence-corrected chi connectivity index (χ0v) is 19.1. The predicted octanol–water partition coefficient (Wildman–Crippen LogP) is 5.78. The number of benzene rings is 1. The van der Waals surface area contributed by atoms with Gasteiger partial charge in [-0.2, -0.15) is 0 Å². The van der Waals surface area contributed by atoms with Crippen molar-refractivity contribution in [2.75, 3.05) is 5.32 Å². The highest BCUT2D eigenvalue weighted by molar-refractivity contribution is 7.28. The summed E-state index contributed by atoms with van der Waals surface area (Å²) in [6.07, 6.45) is 1.73. The van der Waals surface area contributed by atoms with E-state index in [0.29, 0.717) is 18.4 Å². The quantitative estimate of drug-likeness (QED) is 0.353. The van der Waals surface area contributed by atoms with Gasteiger partial charge in [-0.15, -0.1) is 22.7 Å². The van der Waals surface area contributed by atoms with Crippen molar-refractivity contribution in [2.45, 2.75) is 31.3 Å². The van der Waals surface area contributed by atoms with E-state index in [1.807, 2.05) is 42.5 Å². The second kappa shape index (κ2) is 8.39. The van der Waals surface area contributed by atoms with E-state index in [1.54, 1.807) is 6.92 Å². The van der Waals surface area contributed by atoms with Crippen molar-refractivity contribution in [3.05, 3.63) is 69.5 Å². The van der Waals surface area contributed by atoms with Gasteiger partial charge in [-0.3, -0.25) is 10.1 Å². The first-order valence-corrected chi connectivity index (χ1v) is 11.8. The lowest BCUT2D eigenvalue weighted by Gasteiger charge is -2.13. The number of carboxylic acids is 1. The molecule has 166 valence electrons. The summed E-state index contributed by atoms with van der Waals surface area (Å²) >= 11 is 3.01. The molecular weight excluding hydrogens is 460 g/mol. The van der Waals surface area contributed by atoms with Gasteiger partial charge < -0.3 is 14.4 Å². The smallest absolute Gasteiger partial charge is 0.414 e. The van der Waals surface area contributed by atoms with E-state index in [0.717, 1.165) is 24.7 Å². The summed E-state index contributed by atoms with van der Waals surface area (Å²) in [6.45, 7) is 1.78. The summed E-state index contributed by atoms with van der Waals surface area (Å²) in [6, 6.07) is 13.3. The third-order valence-corrected chi connectivity index (χ3v) is 7.91. The van der Waals surface area contributed by atoms with Crippen molar-refractivity contribution >= 4 is 50.0 Å². The summed E-state index contributed by atoms with van der Waals surface area (Å²) in [5, 5.41) is 15.8. The first kappa shape index (κ1) is 21.2. The second-order valence-electron chi connectivity index (χ2n) is 7.74. The highest BCUT2D eigenvalue weighted by Crippen LogP contribution is 2.52. The van der Waals surface area contributed by atoms with Crippen LogP contribution in [0, 0.1) is 11.8 Å². The minimum Gasteiger partial charge on any atom is -0.481 e. The van der Waals surface area contributed by atoms with Gasteiger partial charge in [0.1, 0.15) is 17.1 Å². The maximum atomic E-state index is 12.3. The molecule has 3 aromatic heterocycles. The molecule has 0 radical (unpaired) electrons. The van der Waals surface area contributed by atoms with Crippen LogP contribution in [0.1, 0.15) is 46.8 Å². The van der Waals surface area contributed by atoms with E-state index in [1.165, 1.54) is 28.9 Å². The lowest BCUT2D eigenvalue weighted by atomic mass is 10.1. The Morgan fingerprint density at radius 3 is 2.64 bits per heavy atom. The molecule has 7 nitrogen and oxygen atoms in total. The average Bonchev–Trinajstić information content (AvgIpc) is 3.12. The number of rotatable bonds is 5. The molecule has 5 rings (SSSR count). The van der Waals surface area contributed by atoms with E-state index in [-0.39, 0.29) is 5.88 Å². The van der Waals surface area contributed by atoms with Crippen molar-refractivity contribution in [1.29, 1.82) is 0 Å². The lowest BCUT2D eigenvalue weighted by Crippen LogP contribution is -2.17. The average molecular weight is 479 g/mol. The van der Waals surface area contributed by atoms with Crippen LogP contribution in [0.25, 0.3) is 9.40 Å². The summed E-state index contributed by atoms with van der Waals surface area (Å²) in [4.78, 5) is 25.6. The Hall–Kier alpha value is -3.61. The lowest BCUT2D eigenvalue weighted by molar-refractivity contribution is -0.139. The largest absolute Gasteiger partial charge is 0.481 e. The second-order valence-corrected chi connectivity index (χ2v) is 9.91. The number of nitrogens with zero attached hydrogens (tertiary/aromatic N) is 1. The first-order valence-electron chi connectivity index (χ1n) is 10.2. The van der Waals surface area contributed by atoms with Crippen LogP contribution in [0.15, 0.2) is 53.2 Å². The van der Waals surface area contributed by atoms with Gasteiger partial charge in [-0.1, -0.05) is 47.3 Å². The Balaban J connectivity index is 1.27. The molecule has 1 aliphatic carbocycles. The van der Waals surface area contributed by atoms with Gasteiger partial charge in [-0.25, -0.2) is 4.79 Å². The number of hydrogen-bond acceptors (Lipinski definition) is 7. The van der Waals surface area contributed by atoms with Crippen LogP contribution in [0.2, 0.25) is 0 Å². The number of nitrogens with one attached hydrogen (secondary N) is 1. The Morgan fingerprint density at radius 1 is 1.18 bits per heavy atom. The molecule has 2 N–H and O–H groups in total. The molecule has 1 saturated carbocycles. The summed E-state index contributed by atoms with van der Waals surface area (Å²) < 4.78 is 12.6. The molecule has 1 fully saturated rings. The maximum Gasteiger partial charge on any atom is 0.414 e. The van der Waals surface area contributed by atoms with Crippen LogP contribution in [0.3, 0.4) is 0 Å². The number of carbonyl (C=O) groups is 2. The molecular formula is C24H18N2O5S2. The molecule has 33 heavy (non-hydrogen) atoms. The van der Waals surface area contributed by atoms with Crippen LogP contribution in [0.4, 0.5) is 10.7 Å². The van der Waals surface area contributed by atoms with E-state index >= 15 is 0 Å². The van der Waals surface area contributed by atoms with Crippen LogP contribution in [-0.4, -0.2) is 22.3 Å². The Morgan fingerprint density at radius 2 is 1.94 bits per heavy atom. The maximum absolute atomic E-state index is 12.3. The summed E-state index contributed by atoms with van der Waals surface area (Å²) in [5.41, 5.74) is 0.617. The Labute approximate surface area is 197 Å². The number of aromatic nitrogens is 1. The van der Waals surface area contributed by atoms with Crippen molar-refractivity contribution in [3.8, 4) is 11.8 Å². The fourth-order valence-electron chi connectivity index (χ4n) is 3.45. The molecule has 0 aliphatic heterocycles. The van der Waals surface area contributed by atoms with Gasteiger partial charge in [-0.05, 0) is 37.5 Å². The van der Waals surface area contributed by atoms with E-state index in [2.05, 4.69) is 22.3 Å². The molecule has 0 saturated heterocycles. The van der Waals surface area contributed by atoms with Gasteiger partial charge in [0.15, 0.2) is 0 Å². The van der Waals surface area contributed by atoms with Gasteiger partial charge in [0.2, 0.25) is 5.88 Å². The molecule has 1 aliphatic rings. The normalized spacial score (nSPS) is 14.8. The number of fused-ring (bicyclic) bond motifs is 1. The topological polar surface area (TPSA) is 102 Å². The standard InChI is InChI=1S/C24H18N2O5S2/c1-14(15-5-3-2-4-6-15)30-23(29)26-21-16(13-25-31-21)7-8-17-11-18-19(32-17)12-20(33-18)24(9-10-24)22(27)28/h2-6,11-14H,9-10H2,1H3,(H,26,29)(H,27,28).